The molecule has 0 aliphatic rings. The zero-order valence-electron chi connectivity index (χ0n) is 7.70. The van der Waals surface area contributed by atoms with Gasteiger partial charge in [-0.3, -0.25) is 0 Å². The van der Waals surface area contributed by atoms with Gasteiger partial charge in [-0.15, -0.1) is 0 Å². The first kappa shape index (κ1) is 10.7. The summed E-state index contributed by atoms with van der Waals surface area (Å²) in [4.78, 5) is 10.9. The molecule has 5 heteroatoms. The fourth-order valence-corrected chi connectivity index (χ4v) is 1.29. The maximum atomic E-state index is 10.9. The molecule has 0 spiro atoms. The highest BCUT2D eigenvalue weighted by atomic mass is 35.5. The van der Waals surface area contributed by atoms with Gasteiger partial charge in [0.2, 0.25) is 0 Å². The van der Waals surface area contributed by atoms with Crippen molar-refractivity contribution in [2.75, 3.05) is 14.2 Å². The Morgan fingerprint density at radius 2 is 1.71 bits per heavy atom. The number of methoxy groups -OCH3 is 2. The molecule has 1 rings (SSSR count). The lowest BCUT2D eigenvalue weighted by atomic mass is 10.2. The molecule has 0 aromatic heterocycles. The van der Waals surface area contributed by atoms with Crippen molar-refractivity contribution in [3.8, 4) is 11.5 Å². The Morgan fingerprint density at radius 1 is 1.29 bits per heavy atom. The Morgan fingerprint density at radius 3 is 2.00 bits per heavy atom. The molecule has 0 aliphatic carbocycles. The molecule has 0 saturated heterocycles. The quantitative estimate of drug-likeness (QED) is 0.840. The summed E-state index contributed by atoms with van der Waals surface area (Å²) < 4.78 is 9.77. The summed E-state index contributed by atoms with van der Waals surface area (Å²) in [6.45, 7) is 0. The van der Waals surface area contributed by atoms with Gasteiger partial charge in [0.15, 0.2) is 0 Å². The normalized spacial score (nSPS) is 9.64. The summed E-state index contributed by atoms with van der Waals surface area (Å²) in [5.74, 6) is -0.751. The Balaban J connectivity index is 3.40. The van der Waals surface area contributed by atoms with Crippen molar-refractivity contribution in [1.29, 1.82) is 0 Å². The number of carboxylic acid groups (broad SMARTS) is 1. The predicted molar refractivity (Wildman–Crippen MR) is 51.5 cm³/mol. The van der Waals surface area contributed by atoms with Crippen LogP contribution in [0.3, 0.4) is 0 Å². The molecule has 0 amide bonds. The van der Waals surface area contributed by atoms with Crippen LogP contribution >= 0.6 is 11.6 Å². The zero-order valence-corrected chi connectivity index (χ0v) is 8.46. The lowest BCUT2D eigenvalue weighted by Crippen LogP contribution is -2.03. The van der Waals surface area contributed by atoms with Crippen LogP contribution in [0.15, 0.2) is 12.1 Å². The van der Waals surface area contributed by atoms with E-state index in [1.165, 1.54) is 26.4 Å². The van der Waals surface area contributed by atoms with E-state index in [2.05, 4.69) is 0 Å². The molecule has 0 fully saturated rings. The van der Waals surface area contributed by atoms with E-state index in [1.807, 2.05) is 0 Å². The smallest absolute Gasteiger partial charge is 0.343 e. The number of halogens is 1. The third-order valence-corrected chi connectivity index (χ3v) is 1.90. The molecule has 76 valence electrons. The molecule has 1 N–H and O–H groups in total. The molecule has 0 unspecified atom stereocenters. The van der Waals surface area contributed by atoms with Crippen molar-refractivity contribution in [3.63, 3.8) is 0 Å². The van der Waals surface area contributed by atoms with E-state index in [4.69, 9.17) is 26.2 Å². The van der Waals surface area contributed by atoms with Gasteiger partial charge in [0.05, 0.1) is 14.2 Å². The minimum absolute atomic E-state index is 0.0283. The Bertz CT molecular complexity index is 337. The Kier molecular flexibility index (Phi) is 3.19. The van der Waals surface area contributed by atoms with Crippen LogP contribution in [0.1, 0.15) is 10.4 Å². The third-order valence-electron chi connectivity index (χ3n) is 1.68. The van der Waals surface area contributed by atoms with E-state index in [9.17, 15) is 4.79 Å². The molecular formula is C9H9ClO4. The van der Waals surface area contributed by atoms with Gasteiger partial charge in [0.25, 0.3) is 0 Å². The maximum absolute atomic E-state index is 10.9. The lowest BCUT2D eigenvalue weighted by Gasteiger charge is -2.09. The molecule has 1 aromatic carbocycles. The maximum Gasteiger partial charge on any atom is 0.343 e. The van der Waals surface area contributed by atoms with E-state index < -0.39 is 5.97 Å². The van der Waals surface area contributed by atoms with Crippen molar-refractivity contribution in [2.45, 2.75) is 0 Å². The number of carbonyl (C=O) groups is 1. The summed E-state index contributed by atoms with van der Waals surface area (Å²) in [7, 11) is 2.75. The highest BCUT2D eigenvalue weighted by Crippen LogP contribution is 2.32. The summed E-state index contributed by atoms with van der Waals surface area (Å²) in [6.07, 6.45) is 0. The van der Waals surface area contributed by atoms with Crippen LogP contribution in [-0.4, -0.2) is 25.3 Å². The van der Waals surface area contributed by atoms with Gasteiger partial charge in [0, 0.05) is 5.02 Å². The molecule has 0 heterocycles. The van der Waals surface area contributed by atoms with Crippen LogP contribution in [0.4, 0.5) is 0 Å². The molecule has 0 aliphatic heterocycles. The second-order valence-corrected chi connectivity index (χ2v) is 2.93. The molecule has 0 atom stereocenters. The van der Waals surface area contributed by atoms with E-state index in [0.29, 0.717) is 5.02 Å². The number of benzene rings is 1. The average molecular weight is 217 g/mol. The second-order valence-electron chi connectivity index (χ2n) is 2.49. The van der Waals surface area contributed by atoms with Crippen molar-refractivity contribution in [2.24, 2.45) is 0 Å². The summed E-state index contributed by atoms with van der Waals surface area (Å²) in [5, 5.41) is 9.26. The number of ether oxygens (including phenoxy) is 2. The van der Waals surface area contributed by atoms with Gasteiger partial charge in [-0.25, -0.2) is 4.79 Å². The second kappa shape index (κ2) is 4.19. The predicted octanol–water partition coefficient (Wildman–Crippen LogP) is 2.06. The number of carboxylic acids is 1. The van der Waals surface area contributed by atoms with Gasteiger partial charge >= 0.3 is 5.97 Å². The van der Waals surface area contributed by atoms with E-state index in [0.717, 1.165) is 0 Å². The first-order valence-corrected chi connectivity index (χ1v) is 4.12. The molecule has 0 saturated carbocycles. The van der Waals surface area contributed by atoms with Crippen LogP contribution in [0.25, 0.3) is 0 Å². The highest BCUT2D eigenvalue weighted by molar-refractivity contribution is 6.31. The molecule has 0 bridgehead atoms. The fraction of sp³-hybridized carbons (Fsp3) is 0.222. The summed E-state index contributed by atoms with van der Waals surface area (Å²) in [5.41, 5.74) is -0.0283. The average Bonchev–Trinajstić information content (AvgIpc) is 2.15. The highest BCUT2D eigenvalue weighted by Gasteiger charge is 2.18. The van der Waals surface area contributed by atoms with Crippen molar-refractivity contribution in [1.82, 2.24) is 0 Å². The molecule has 4 nitrogen and oxygen atoms in total. The largest absolute Gasteiger partial charge is 0.496 e. The fourth-order valence-electron chi connectivity index (χ4n) is 1.09. The van der Waals surface area contributed by atoms with Crippen LogP contribution in [0.5, 0.6) is 11.5 Å². The number of hydrogen-bond donors (Lipinski definition) is 1. The van der Waals surface area contributed by atoms with Crippen LogP contribution in [0.2, 0.25) is 5.02 Å². The van der Waals surface area contributed by atoms with Gasteiger partial charge < -0.3 is 14.6 Å². The Hall–Kier alpha value is -1.42. The molecular weight excluding hydrogens is 208 g/mol. The summed E-state index contributed by atoms with van der Waals surface area (Å²) in [6, 6.07) is 2.85. The summed E-state index contributed by atoms with van der Waals surface area (Å²) >= 11 is 5.73. The number of aromatic carboxylic acids is 1. The van der Waals surface area contributed by atoms with Crippen LogP contribution in [-0.2, 0) is 0 Å². The third kappa shape index (κ3) is 1.90. The van der Waals surface area contributed by atoms with Crippen molar-refractivity contribution >= 4 is 17.6 Å². The monoisotopic (exact) mass is 216 g/mol. The van der Waals surface area contributed by atoms with Crippen LogP contribution in [0, 0.1) is 0 Å². The van der Waals surface area contributed by atoms with Gasteiger partial charge in [0.1, 0.15) is 17.1 Å². The number of hydrogen-bond acceptors (Lipinski definition) is 3. The SMILES string of the molecule is COc1cc(Cl)cc(OC)c1C(=O)O. The van der Waals surface area contributed by atoms with Crippen molar-refractivity contribution in [3.05, 3.63) is 22.7 Å². The standard InChI is InChI=1S/C9H9ClO4/c1-13-6-3-5(10)4-7(14-2)8(6)9(11)12/h3-4H,1-2H3,(H,11,12). The van der Waals surface area contributed by atoms with Gasteiger partial charge in [-0.05, 0) is 12.1 Å². The van der Waals surface area contributed by atoms with Gasteiger partial charge in [-0.1, -0.05) is 11.6 Å². The molecule has 1 aromatic rings. The van der Waals surface area contributed by atoms with Gasteiger partial charge in [-0.2, -0.15) is 0 Å². The van der Waals surface area contributed by atoms with E-state index >= 15 is 0 Å². The van der Waals surface area contributed by atoms with E-state index in [1.54, 1.807) is 0 Å². The number of rotatable bonds is 3. The van der Waals surface area contributed by atoms with Crippen LogP contribution < -0.4 is 9.47 Å². The minimum atomic E-state index is -1.12. The lowest BCUT2D eigenvalue weighted by molar-refractivity contribution is 0.0689. The first-order valence-electron chi connectivity index (χ1n) is 3.75. The minimum Gasteiger partial charge on any atom is -0.496 e. The van der Waals surface area contributed by atoms with Crippen molar-refractivity contribution < 1.29 is 19.4 Å². The molecule has 0 radical (unpaired) electrons. The molecule has 14 heavy (non-hydrogen) atoms. The first-order chi connectivity index (χ1) is 6.60. The zero-order chi connectivity index (χ0) is 10.7. The van der Waals surface area contributed by atoms with E-state index in [-0.39, 0.29) is 17.1 Å². The topological polar surface area (TPSA) is 55.8 Å². The Labute approximate surface area is 86.0 Å².